The number of carbonyl (C=O) groups excluding carboxylic acids is 1. The lowest BCUT2D eigenvalue weighted by molar-refractivity contribution is 0.0391. The highest BCUT2D eigenvalue weighted by Crippen LogP contribution is 2.37. The number of nitrogen functional groups attached to an aromatic ring is 1. The van der Waals surface area contributed by atoms with Gasteiger partial charge in [-0.15, -0.1) is 11.3 Å². The van der Waals surface area contributed by atoms with Gasteiger partial charge in [0.15, 0.2) is 0 Å². The third-order valence-corrected chi connectivity index (χ3v) is 6.52. The number of anilines is 1. The Morgan fingerprint density at radius 2 is 1.83 bits per heavy atom. The van der Waals surface area contributed by atoms with Crippen LogP contribution in [-0.2, 0) is 0 Å². The molecular formula is C20H24N2OS. The van der Waals surface area contributed by atoms with E-state index in [-0.39, 0.29) is 5.91 Å². The summed E-state index contributed by atoms with van der Waals surface area (Å²) >= 11 is 1.64. The summed E-state index contributed by atoms with van der Waals surface area (Å²) in [7, 11) is 0. The Balaban J connectivity index is 1.55. The summed E-state index contributed by atoms with van der Waals surface area (Å²) in [5.41, 5.74) is 8.50. The third kappa shape index (κ3) is 2.95. The molecule has 0 radical (unpaired) electrons. The number of hydrogen-bond donors (Lipinski definition) is 1. The Bertz CT molecular complexity index is 719. The van der Waals surface area contributed by atoms with E-state index in [0.717, 1.165) is 40.6 Å². The van der Waals surface area contributed by atoms with Crippen LogP contribution in [0, 0.1) is 5.92 Å². The van der Waals surface area contributed by atoms with Gasteiger partial charge in [-0.2, -0.15) is 0 Å². The molecule has 1 amide bonds. The lowest BCUT2D eigenvalue weighted by Gasteiger charge is -2.44. The first-order chi connectivity index (χ1) is 11.7. The van der Waals surface area contributed by atoms with Gasteiger partial charge in [0.2, 0.25) is 0 Å². The van der Waals surface area contributed by atoms with Gasteiger partial charge >= 0.3 is 0 Å². The number of piperidine rings is 1. The normalized spacial score (nSPS) is 23.8. The Hall–Kier alpha value is -1.81. The van der Waals surface area contributed by atoms with E-state index in [9.17, 15) is 4.79 Å². The maximum atomic E-state index is 13.1. The van der Waals surface area contributed by atoms with E-state index >= 15 is 0 Å². The number of rotatable bonds is 2. The molecular weight excluding hydrogens is 316 g/mol. The summed E-state index contributed by atoms with van der Waals surface area (Å²) in [6, 6.07) is 10.4. The van der Waals surface area contributed by atoms with Crippen LogP contribution in [0.25, 0.3) is 10.4 Å². The quantitative estimate of drug-likeness (QED) is 0.799. The molecule has 2 unspecified atom stereocenters. The third-order valence-electron chi connectivity index (χ3n) is 5.55. The molecule has 2 fully saturated rings. The number of amides is 1. The van der Waals surface area contributed by atoms with E-state index < -0.39 is 0 Å². The molecule has 2 aromatic rings. The first-order valence-corrected chi connectivity index (χ1v) is 9.86. The molecule has 1 aliphatic carbocycles. The fourth-order valence-electron chi connectivity index (χ4n) is 4.29. The van der Waals surface area contributed by atoms with Crippen LogP contribution in [0.4, 0.5) is 5.69 Å². The van der Waals surface area contributed by atoms with Crippen molar-refractivity contribution in [1.82, 2.24) is 4.90 Å². The Morgan fingerprint density at radius 3 is 2.67 bits per heavy atom. The zero-order valence-corrected chi connectivity index (χ0v) is 14.7. The summed E-state index contributed by atoms with van der Waals surface area (Å²) in [6.07, 6.45) is 7.55. The molecule has 1 aromatic carbocycles. The first kappa shape index (κ1) is 15.7. The highest BCUT2D eigenvalue weighted by Gasteiger charge is 2.36. The van der Waals surface area contributed by atoms with Gasteiger partial charge < -0.3 is 10.6 Å². The zero-order valence-electron chi connectivity index (χ0n) is 13.9. The number of likely N-dealkylation sites (tertiary alicyclic amines) is 1. The number of fused-ring (bicyclic) bond motifs is 1. The van der Waals surface area contributed by atoms with Crippen molar-refractivity contribution in [3.63, 3.8) is 0 Å². The maximum absolute atomic E-state index is 13.1. The largest absolute Gasteiger partial charge is 0.399 e. The van der Waals surface area contributed by atoms with Crippen molar-refractivity contribution < 1.29 is 4.79 Å². The molecule has 4 rings (SSSR count). The Kier molecular flexibility index (Phi) is 4.31. The topological polar surface area (TPSA) is 46.3 Å². The highest BCUT2D eigenvalue weighted by atomic mass is 32.1. The number of benzene rings is 1. The smallest absolute Gasteiger partial charge is 0.254 e. The van der Waals surface area contributed by atoms with Crippen LogP contribution >= 0.6 is 11.3 Å². The van der Waals surface area contributed by atoms with E-state index in [0.29, 0.717) is 6.04 Å². The first-order valence-electron chi connectivity index (χ1n) is 8.98. The predicted molar refractivity (Wildman–Crippen MR) is 100 cm³/mol. The molecule has 2 aliphatic rings. The SMILES string of the molecule is Nc1ccc(-c2cc(C(=O)N3CCCC4CCCCC43)cs2)cc1. The van der Waals surface area contributed by atoms with E-state index in [2.05, 4.69) is 4.90 Å². The van der Waals surface area contributed by atoms with Gasteiger partial charge in [-0.25, -0.2) is 0 Å². The summed E-state index contributed by atoms with van der Waals surface area (Å²) in [6.45, 7) is 0.924. The minimum atomic E-state index is 0.226. The van der Waals surface area contributed by atoms with Gasteiger partial charge in [-0.3, -0.25) is 4.79 Å². The van der Waals surface area contributed by atoms with Crippen LogP contribution < -0.4 is 5.73 Å². The van der Waals surface area contributed by atoms with Crippen molar-refractivity contribution in [3.05, 3.63) is 41.3 Å². The number of carbonyl (C=O) groups is 1. The van der Waals surface area contributed by atoms with E-state index in [1.807, 2.05) is 35.7 Å². The average Bonchev–Trinajstić information content (AvgIpc) is 3.11. The van der Waals surface area contributed by atoms with E-state index in [1.54, 1.807) is 11.3 Å². The Labute approximate surface area is 147 Å². The summed E-state index contributed by atoms with van der Waals surface area (Å²) in [5.74, 6) is 0.955. The minimum absolute atomic E-state index is 0.226. The van der Waals surface area contributed by atoms with Crippen LogP contribution in [0.2, 0.25) is 0 Å². The number of hydrogen-bond acceptors (Lipinski definition) is 3. The number of nitrogens with zero attached hydrogens (tertiary/aromatic N) is 1. The minimum Gasteiger partial charge on any atom is -0.399 e. The van der Waals surface area contributed by atoms with E-state index in [4.69, 9.17) is 5.73 Å². The molecule has 126 valence electrons. The van der Waals surface area contributed by atoms with Crippen LogP contribution in [0.5, 0.6) is 0 Å². The number of thiophene rings is 1. The second-order valence-corrected chi connectivity index (χ2v) is 7.99. The molecule has 0 spiro atoms. The van der Waals surface area contributed by atoms with Crippen LogP contribution in [0.1, 0.15) is 48.9 Å². The molecule has 2 N–H and O–H groups in total. The van der Waals surface area contributed by atoms with E-state index in [1.165, 1.54) is 32.1 Å². The standard InChI is InChI=1S/C20H24N2OS/c21-17-9-7-15(8-10-17)19-12-16(13-24-19)20(23)22-11-3-5-14-4-1-2-6-18(14)22/h7-10,12-14,18H,1-6,11,21H2. The summed E-state index contributed by atoms with van der Waals surface area (Å²) in [5, 5.41) is 2.01. The van der Waals surface area contributed by atoms with Gasteiger partial charge in [0.1, 0.15) is 0 Å². The predicted octanol–water partition coefficient (Wildman–Crippen LogP) is 4.79. The van der Waals surface area contributed by atoms with Crippen molar-refractivity contribution in [2.75, 3.05) is 12.3 Å². The molecule has 24 heavy (non-hydrogen) atoms. The highest BCUT2D eigenvalue weighted by molar-refractivity contribution is 7.13. The lowest BCUT2D eigenvalue weighted by Crippen LogP contribution is -2.49. The molecule has 2 atom stereocenters. The zero-order chi connectivity index (χ0) is 16.5. The number of nitrogens with two attached hydrogens (primary N) is 1. The maximum Gasteiger partial charge on any atom is 0.254 e. The molecule has 1 aliphatic heterocycles. The molecule has 4 heteroatoms. The monoisotopic (exact) mass is 340 g/mol. The fraction of sp³-hybridized carbons (Fsp3) is 0.450. The lowest BCUT2D eigenvalue weighted by atomic mass is 9.78. The van der Waals surface area contributed by atoms with Gasteiger partial charge in [0.25, 0.3) is 5.91 Å². The molecule has 3 nitrogen and oxygen atoms in total. The second kappa shape index (κ2) is 6.60. The van der Waals surface area contributed by atoms with Crippen molar-refractivity contribution in [1.29, 1.82) is 0 Å². The van der Waals surface area contributed by atoms with Gasteiger partial charge in [0.05, 0.1) is 5.56 Å². The van der Waals surface area contributed by atoms with Gasteiger partial charge in [0, 0.05) is 28.5 Å². The average molecular weight is 340 g/mol. The van der Waals surface area contributed by atoms with Gasteiger partial charge in [-0.1, -0.05) is 25.0 Å². The second-order valence-electron chi connectivity index (χ2n) is 7.07. The molecule has 0 bridgehead atoms. The van der Waals surface area contributed by atoms with Crippen molar-refractivity contribution in [2.24, 2.45) is 5.92 Å². The van der Waals surface area contributed by atoms with Crippen molar-refractivity contribution in [2.45, 2.75) is 44.6 Å². The van der Waals surface area contributed by atoms with Crippen LogP contribution in [-0.4, -0.2) is 23.4 Å². The van der Waals surface area contributed by atoms with Crippen LogP contribution in [0.3, 0.4) is 0 Å². The Morgan fingerprint density at radius 1 is 1.08 bits per heavy atom. The fourth-order valence-corrected chi connectivity index (χ4v) is 5.18. The van der Waals surface area contributed by atoms with Gasteiger partial charge in [-0.05, 0) is 55.4 Å². The molecule has 2 heterocycles. The molecule has 1 saturated carbocycles. The van der Waals surface area contributed by atoms with Crippen molar-refractivity contribution >= 4 is 22.9 Å². The molecule has 1 aromatic heterocycles. The molecule has 1 saturated heterocycles. The summed E-state index contributed by atoms with van der Waals surface area (Å²) in [4.78, 5) is 16.4. The van der Waals surface area contributed by atoms with Crippen molar-refractivity contribution in [3.8, 4) is 10.4 Å². The van der Waals surface area contributed by atoms with Crippen LogP contribution in [0.15, 0.2) is 35.7 Å². The summed E-state index contributed by atoms with van der Waals surface area (Å²) < 4.78 is 0.